The Morgan fingerprint density at radius 2 is 1.91 bits per heavy atom. The molecule has 0 aliphatic carbocycles. The molecule has 0 unspecified atom stereocenters. The van der Waals surface area contributed by atoms with Crippen LogP contribution in [0.15, 0.2) is 52.6 Å². The summed E-state index contributed by atoms with van der Waals surface area (Å²) in [7, 11) is 0. The first-order chi connectivity index (χ1) is 15.3. The monoisotopic (exact) mass is 466 g/mol. The van der Waals surface area contributed by atoms with Gasteiger partial charge in [0.25, 0.3) is 5.56 Å². The molecule has 1 amide bonds. The lowest BCUT2D eigenvalue weighted by atomic mass is 10.1. The largest absolute Gasteiger partial charge is 0.326 e. The van der Waals surface area contributed by atoms with Gasteiger partial charge in [0.1, 0.15) is 0 Å². The minimum atomic E-state index is -0.182. The maximum atomic E-state index is 13.0. The Bertz CT molecular complexity index is 1340. The van der Waals surface area contributed by atoms with Gasteiger partial charge in [-0.15, -0.1) is 11.3 Å². The Morgan fingerprint density at radius 3 is 2.62 bits per heavy atom. The number of rotatable bonds is 6. The first-order valence-electron chi connectivity index (χ1n) is 10.2. The van der Waals surface area contributed by atoms with Crippen LogP contribution in [0.25, 0.3) is 16.4 Å². The van der Waals surface area contributed by atoms with Crippen LogP contribution < -0.4 is 10.9 Å². The number of carbonyl (C=O) groups is 1. The number of H-pyrrole nitrogens is 1. The van der Waals surface area contributed by atoms with Crippen molar-refractivity contribution in [1.29, 1.82) is 0 Å². The molecule has 0 aliphatic rings. The van der Waals surface area contributed by atoms with Crippen LogP contribution in [0.1, 0.15) is 28.8 Å². The molecule has 2 aromatic carbocycles. The number of amides is 1. The fourth-order valence-corrected chi connectivity index (χ4v) is 4.45. The van der Waals surface area contributed by atoms with Gasteiger partial charge in [0.15, 0.2) is 0 Å². The average molecular weight is 467 g/mol. The van der Waals surface area contributed by atoms with Crippen molar-refractivity contribution in [3.63, 3.8) is 0 Å². The van der Waals surface area contributed by atoms with Crippen LogP contribution in [0, 0.1) is 20.8 Å². The predicted octanol–water partition coefficient (Wildman–Crippen LogP) is 5.44. The minimum absolute atomic E-state index is 0.122. The number of thiazole rings is 1. The fourth-order valence-electron chi connectivity index (χ4n) is 3.54. The summed E-state index contributed by atoms with van der Waals surface area (Å²) in [5.74, 6) is -0.122. The summed E-state index contributed by atoms with van der Waals surface area (Å²) in [4.78, 5) is 30.0. The van der Waals surface area contributed by atoms with Crippen molar-refractivity contribution in [2.24, 2.45) is 0 Å². The van der Waals surface area contributed by atoms with Crippen molar-refractivity contribution in [2.45, 2.75) is 33.6 Å². The number of halogens is 1. The van der Waals surface area contributed by atoms with Crippen LogP contribution in [0.2, 0.25) is 5.02 Å². The first-order valence-corrected chi connectivity index (χ1v) is 11.5. The van der Waals surface area contributed by atoms with Crippen LogP contribution >= 0.6 is 22.9 Å². The Kier molecular flexibility index (Phi) is 6.30. The van der Waals surface area contributed by atoms with Gasteiger partial charge in [0.05, 0.1) is 5.69 Å². The van der Waals surface area contributed by atoms with E-state index < -0.39 is 0 Å². The number of aryl methyl sites for hydroxylation is 3. The van der Waals surface area contributed by atoms with E-state index in [2.05, 4.69) is 15.4 Å². The van der Waals surface area contributed by atoms with Crippen LogP contribution in [-0.4, -0.2) is 20.7 Å². The molecule has 0 atom stereocenters. The van der Waals surface area contributed by atoms with Crippen molar-refractivity contribution in [3.05, 3.63) is 85.6 Å². The van der Waals surface area contributed by atoms with E-state index in [-0.39, 0.29) is 17.9 Å². The van der Waals surface area contributed by atoms with Crippen LogP contribution in [-0.2, 0) is 11.2 Å². The lowest BCUT2D eigenvalue weighted by Crippen LogP contribution is -2.19. The summed E-state index contributed by atoms with van der Waals surface area (Å²) in [6.45, 7) is 5.81. The summed E-state index contributed by atoms with van der Waals surface area (Å²) in [5.41, 5.74) is 5.79. The molecule has 2 heterocycles. The fraction of sp³-hybridized carbons (Fsp3) is 0.208. The number of nitrogens with zero attached hydrogens (tertiary/aromatic N) is 2. The second kappa shape index (κ2) is 9.14. The number of aromatic amines is 1. The van der Waals surface area contributed by atoms with Crippen molar-refractivity contribution in [1.82, 2.24) is 14.8 Å². The molecule has 0 saturated carbocycles. The highest BCUT2D eigenvalue weighted by Gasteiger charge is 2.17. The smallest absolute Gasteiger partial charge is 0.276 e. The van der Waals surface area contributed by atoms with E-state index in [4.69, 9.17) is 11.6 Å². The number of nitrogens with one attached hydrogen (secondary N) is 2. The third-order valence-electron chi connectivity index (χ3n) is 5.27. The molecule has 2 aromatic heterocycles. The second-order valence-corrected chi connectivity index (χ2v) is 9.02. The number of anilines is 1. The maximum Gasteiger partial charge on any atom is 0.276 e. The molecule has 0 fully saturated rings. The molecule has 32 heavy (non-hydrogen) atoms. The molecule has 0 radical (unpaired) electrons. The van der Waals surface area contributed by atoms with Gasteiger partial charge in [0.2, 0.25) is 11.0 Å². The molecule has 4 rings (SSSR count). The molecule has 8 heteroatoms. The summed E-state index contributed by atoms with van der Waals surface area (Å²) in [6, 6.07) is 13.3. The van der Waals surface area contributed by atoms with E-state index in [1.165, 1.54) is 16.0 Å². The molecule has 6 nitrogen and oxygen atoms in total. The van der Waals surface area contributed by atoms with Gasteiger partial charge in [-0.25, -0.2) is 4.98 Å². The van der Waals surface area contributed by atoms with Gasteiger partial charge in [-0.3, -0.25) is 14.7 Å². The number of hydrogen-bond donors (Lipinski definition) is 2. The third kappa shape index (κ3) is 4.69. The number of aromatic nitrogens is 3. The van der Waals surface area contributed by atoms with Gasteiger partial charge in [0, 0.05) is 39.3 Å². The Labute approximate surface area is 194 Å². The minimum Gasteiger partial charge on any atom is -0.326 e. The third-order valence-corrected chi connectivity index (χ3v) is 6.35. The quantitative estimate of drug-likeness (QED) is 0.397. The van der Waals surface area contributed by atoms with E-state index in [1.807, 2.05) is 68.6 Å². The number of carbonyl (C=O) groups excluding carboxylic acids is 1. The highest BCUT2D eigenvalue weighted by atomic mass is 35.5. The van der Waals surface area contributed by atoms with Crippen LogP contribution in [0.5, 0.6) is 0 Å². The lowest BCUT2D eigenvalue weighted by Gasteiger charge is -2.08. The molecule has 0 saturated heterocycles. The molecule has 0 bridgehead atoms. The number of benzene rings is 2. The molecule has 0 spiro atoms. The average Bonchev–Trinajstić information content (AvgIpc) is 3.34. The number of hydrogen-bond acceptors (Lipinski definition) is 4. The van der Waals surface area contributed by atoms with Gasteiger partial charge in [-0.1, -0.05) is 41.4 Å². The zero-order chi connectivity index (χ0) is 22.8. The predicted molar refractivity (Wildman–Crippen MR) is 130 cm³/mol. The van der Waals surface area contributed by atoms with E-state index in [9.17, 15) is 9.59 Å². The highest BCUT2D eigenvalue weighted by molar-refractivity contribution is 7.12. The first kappa shape index (κ1) is 22.0. The van der Waals surface area contributed by atoms with E-state index in [0.717, 1.165) is 33.8 Å². The van der Waals surface area contributed by atoms with Crippen molar-refractivity contribution in [2.75, 3.05) is 5.32 Å². The standard InChI is InChI=1S/C24H23ClN4O2S/c1-14-4-10-20(15(2)12-14)26-22(30)11-9-19-16(3)28-29(23(19)31)24-27-21(13-32-24)17-5-7-18(25)8-6-17/h4-8,10,12-13,28H,9,11H2,1-3H3,(H,26,30). The summed E-state index contributed by atoms with van der Waals surface area (Å²) < 4.78 is 1.44. The van der Waals surface area contributed by atoms with Gasteiger partial charge in [-0.05, 0) is 51.0 Å². The molecule has 4 aromatic rings. The van der Waals surface area contributed by atoms with Crippen molar-refractivity contribution >= 4 is 34.5 Å². The molecular weight excluding hydrogens is 444 g/mol. The van der Waals surface area contributed by atoms with Crippen molar-refractivity contribution in [3.8, 4) is 16.4 Å². The zero-order valence-electron chi connectivity index (χ0n) is 18.0. The van der Waals surface area contributed by atoms with E-state index in [1.54, 1.807) is 0 Å². The van der Waals surface area contributed by atoms with E-state index >= 15 is 0 Å². The van der Waals surface area contributed by atoms with Crippen LogP contribution in [0.4, 0.5) is 5.69 Å². The van der Waals surface area contributed by atoms with Crippen molar-refractivity contribution < 1.29 is 4.79 Å². The van der Waals surface area contributed by atoms with Gasteiger partial charge >= 0.3 is 0 Å². The van der Waals surface area contributed by atoms with Gasteiger partial charge < -0.3 is 5.32 Å². The zero-order valence-corrected chi connectivity index (χ0v) is 19.6. The lowest BCUT2D eigenvalue weighted by molar-refractivity contribution is -0.116. The van der Waals surface area contributed by atoms with Crippen LogP contribution in [0.3, 0.4) is 0 Å². The Morgan fingerprint density at radius 1 is 1.16 bits per heavy atom. The molecule has 0 aliphatic heterocycles. The molecular formula is C24H23ClN4O2S. The molecule has 164 valence electrons. The summed E-state index contributed by atoms with van der Waals surface area (Å²) in [6.07, 6.45) is 0.565. The second-order valence-electron chi connectivity index (χ2n) is 7.74. The highest BCUT2D eigenvalue weighted by Crippen LogP contribution is 2.25. The summed E-state index contributed by atoms with van der Waals surface area (Å²) in [5, 5.41) is 9.13. The Hall–Kier alpha value is -3.16. The SMILES string of the molecule is Cc1ccc(NC(=O)CCc2c(C)[nH]n(-c3nc(-c4ccc(Cl)cc4)cs3)c2=O)c(C)c1. The molecule has 2 N–H and O–H groups in total. The Balaban J connectivity index is 1.48. The maximum absolute atomic E-state index is 13.0. The summed E-state index contributed by atoms with van der Waals surface area (Å²) >= 11 is 7.33. The van der Waals surface area contributed by atoms with E-state index in [0.29, 0.717) is 22.1 Å². The normalized spacial score (nSPS) is 11.0. The topological polar surface area (TPSA) is 79.8 Å². The van der Waals surface area contributed by atoms with Gasteiger partial charge in [-0.2, -0.15) is 4.68 Å².